The summed E-state index contributed by atoms with van der Waals surface area (Å²) in [7, 11) is 0. The van der Waals surface area contributed by atoms with Gasteiger partial charge >= 0.3 is 11.9 Å². The number of aryl methyl sites for hydroxylation is 2. The van der Waals surface area contributed by atoms with Crippen LogP contribution in [-0.2, 0) is 0 Å². The molecule has 2 N–H and O–H groups in total. The highest BCUT2D eigenvalue weighted by molar-refractivity contribution is 5.87. The lowest BCUT2D eigenvalue weighted by molar-refractivity contribution is 0.0686. The fourth-order valence-electron chi connectivity index (χ4n) is 2.48. The Balaban J connectivity index is 0.000000171. The smallest absolute Gasteiger partial charge is 0.335 e. The van der Waals surface area contributed by atoms with Crippen LogP contribution in [0, 0.1) is 13.8 Å². The SMILES string of the molecule is Cc1ccc(C(=O)O)cc1.Cc1ccc(C(=O)O)cc1.c1cc(-c2ccncc2)ccn1. The Kier molecular flexibility index (Phi) is 9.28. The number of aromatic nitrogens is 2. The van der Waals surface area contributed by atoms with Gasteiger partial charge in [0.05, 0.1) is 11.1 Å². The van der Waals surface area contributed by atoms with E-state index in [-0.39, 0.29) is 0 Å². The summed E-state index contributed by atoms with van der Waals surface area (Å²) < 4.78 is 0. The highest BCUT2D eigenvalue weighted by atomic mass is 16.4. The van der Waals surface area contributed by atoms with Gasteiger partial charge < -0.3 is 10.2 Å². The average molecular weight is 428 g/mol. The Bertz CT molecular complexity index is 1020. The van der Waals surface area contributed by atoms with Crippen LogP contribution in [0.4, 0.5) is 0 Å². The zero-order valence-corrected chi connectivity index (χ0v) is 17.8. The molecule has 6 heteroatoms. The first-order valence-corrected chi connectivity index (χ1v) is 9.77. The van der Waals surface area contributed by atoms with Crippen molar-refractivity contribution in [3.8, 4) is 11.1 Å². The van der Waals surface area contributed by atoms with Crippen LogP contribution in [-0.4, -0.2) is 32.1 Å². The van der Waals surface area contributed by atoms with Crippen LogP contribution in [0.15, 0.2) is 97.6 Å². The largest absolute Gasteiger partial charge is 0.478 e. The second kappa shape index (κ2) is 12.4. The van der Waals surface area contributed by atoms with Crippen LogP contribution in [0.2, 0.25) is 0 Å². The van der Waals surface area contributed by atoms with E-state index in [2.05, 4.69) is 9.97 Å². The number of hydrogen-bond acceptors (Lipinski definition) is 4. The van der Waals surface area contributed by atoms with Crippen molar-refractivity contribution in [2.45, 2.75) is 13.8 Å². The topological polar surface area (TPSA) is 100 Å². The van der Waals surface area contributed by atoms with Gasteiger partial charge in [0.15, 0.2) is 0 Å². The van der Waals surface area contributed by atoms with Gasteiger partial charge in [0, 0.05) is 24.8 Å². The second-order valence-corrected chi connectivity index (χ2v) is 6.81. The Hall–Kier alpha value is -4.32. The number of carbonyl (C=O) groups is 2. The molecule has 4 rings (SSSR count). The van der Waals surface area contributed by atoms with Crippen LogP contribution in [0.1, 0.15) is 31.8 Å². The molecule has 0 saturated heterocycles. The molecule has 0 radical (unpaired) electrons. The van der Waals surface area contributed by atoms with E-state index in [1.807, 2.05) is 38.1 Å². The number of nitrogens with zero attached hydrogens (tertiary/aromatic N) is 2. The molecule has 2 aromatic carbocycles. The van der Waals surface area contributed by atoms with Gasteiger partial charge in [0.2, 0.25) is 0 Å². The molecular formula is C26H24N2O4. The molecule has 0 unspecified atom stereocenters. The summed E-state index contributed by atoms with van der Waals surface area (Å²) in [5.74, 6) is -1.75. The number of hydrogen-bond donors (Lipinski definition) is 2. The molecule has 0 spiro atoms. The van der Waals surface area contributed by atoms with Crippen LogP contribution in [0.3, 0.4) is 0 Å². The van der Waals surface area contributed by atoms with Crippen molar-refractivity contribution in [2.24, 2.45) is 0 Å². The maximum atomic E-state index is 10.3. The molecule has 0 saturated carbocycles. The van der Waals surface area contributed by atoms with Gasteiger partial charge in [0.1, 0.15) is 0 Å². The predicted octanol–water partition coefficient (Wildman–Crippen LogP) is 5.53. The lowest BCUT2D eigenvalue weighted by Gasteiger charge is -1.97. The van der Waals surface area contributed by atoms with E-state index in [9.17, 15) is 9.59 Å². The van der Waals surface area contributed by atoms with Crippen LogP contribution in [0.25, 0.3) is 11.1 Å². The molecule has 162 valence electrons. The first kappa shape index (κ1) is 24.0. The quantitative estimate of drug-likeness (QED) is 0.445. The van der Waals surface area contributed by atoms with Gasteiger partial charge in [-0.25, -0.2) is 9.59 Å². The summed E-state index contributed by atoms with van der Waals surface area (Å²) in [6.45, 7) is 3.84. The lowest BCUT2D eigenvalue weighted by Crippen LogP contribution is -1.94. The Morgan fingerprint density at radius 3 is 1.06 bits per heavy atom. The molecule has 4 aromatic rings. The van der Waals surface area contributed by atoms with Gasteiger partial charge in [-0.05, 0) is 73.5 Å². The number of carboxylic acids is 2. The van der Waals surface area contributed by atoms with E-state index >= 15 is 0 Å². The second-order valence-electron chi connectivity index (χ2n) is 6.81. The van der Waals surface area contributed by atoms with E-state index in [1.165, 1.54) is 11.1 Å². The standard InChI is InChI=1S/C10H8N2.2C8H8O2/c1-5-11-6-2-9(1)10-3-7-12-8-4-10;2*1-6-2-4-7(5-3-6)8(9)10/h1-8H;2*2-5H,1H3,(H,9,10). The summed E-state index contributed by atoms with van der Waals surface area (Å²) in [5.41, 5.74) is 5.17. The Labute approximate surface area is 186 Å². The summed E-state index contributed by atoms with van der Waals surface area (Å²) in [5, 5.41) is 17.0. The average Bonchev–Trinajstić information content (AvgIpc) is 2.82. The third kappa shape index (κ3) is 8.20. The number of rotatable bonds is 3. The highest BCUT2D eigenvalue weighted by Crippen LogP contribution is 2.15. The minimum absolute atomic E-state index is 0.339. The predicted molar refractivity (Wildman–Crippen MR) is 124 cm³/mol. The third-order valence-electron chi connectivity index (χ3n) is 4.29. The fraction of sp³-hybridized carbons (Fsp3) is 0.0769. The van der Waals surface area contributed by atoms with Gasteiger partial charge in [-0.3, -0.25) is 9.97 Å². The van der Waals surface area contributed by atoms with Crippen molar-refractivity contribution < 1.29 is 19.8 Å². The number of carboxylic acid groups (broad SMARTS) is 2. The van der Waals surface area contributed by atoms with Crippen molar-refractivity contribution in [1.82, 2.24) is 9.97 Å². The van der Waals surface area contributed by atoms with Crippen LogP contribution in [0.5, 0.6) is 0 Å². The molecule has 6 nitrogen and oxygen atoms in total. The molecule has 0 aliphatic carbocycles. The molecule has 2 aromatic heterocycles. The van der Waals surface area contributed by atoms with Crippen molar-refractivity contribution in [1.29, 1.82) is 0 Å². The minimum Gasteiger partial charge on any atom is -0.478 e. The monoisotopic (exact) mass is 428 g/mol. The van der Waals surface area contributed by atoms with E-state index in [1.54, 1.807) is 73.3 Å². The zero-order chi connectivity index (χ0) is 23.3. The summed E-state index contributed by atoms with van der Waals surface area (Å²) in [6, 6.07) is 21.4. The summed E-state index contributed by atoms with van der Waals surface area (Å²) in [4.78, 5) is 28.5. The minimum atomic E-state index is -0.875. The molecule has 0 fully saturated rings. The van der Waals surface area contributed by atoms with Gasteiger partial charge in [-0.1, -0.05) is 35.4 Å². The molecule has 0 amide bonds. The van der Waals surface area contributed by atoms with Crippen LogP contribution >= 0.6 is 0 Å². The first-order chi connectivity index (χ1) is 15.4. The van der Waals surface area contributed by atoms with Gasteiger partial charge in [0.25, 0.3) is 0 Å². The van der Waals surface area contributed by atoms with Crippen molar-refractivity contribution in [2.75, 3.05) is 0 Å². The molecule has 0 aliphatic heterocycles. The maximum absolute atomic E-state index is 10.3. The Morgan fingerprint density at radius 1 is 0.531 bits per heavy atom. The number of pyridine rings is 2. The number of benzene rings is 2. The van der Waals surface area contributed by atoms with Crippen molar-refractivity contribution in [3.63, 3.8) is 0 Å². The van der Waals surface area contributed by atoms with Crippen molar-refractivity contribution >= 4 is 11.9 Å². The summed E-state index contributed by atoms with van der Waals surface area (Å²) >= 11 is 0. The first-order valence-electron chi connectivity index (χ1n) is 9.77. The highest BCUT2D eigenvalue weighted by Gasteiger charge is 1.99. The normalized spacial score (nSPS) is 9.44. The van der Waals surface area contributed by atoms with E-state index in [4.69, 9.17) is 10.2 Å². The molecule has 2 heterocycles. The molecule has 0 atom stereocenters. The lowest BCUT2D eigenvalue weighted by atomic mass is 10.1. The van der Waals surface area contributed by atoms with Crippen molar-refractivity contribution in [3.05, 3.63) is 120 Å². The molecular weight excluding hydrogens is 404 g/mol. The summed E-state index contributed by atoms with van der Waals surface area (Å²) in [6.07, 6.45) is 7.15. The molecule has 0 aliphatic rings. The fourth-order valence-corrected chi connectivity index (χ4v) is 2.48. The van der Waals surface area contributed by atoms with E-state index in [0.29, 0.717) is 11.1 Å². The van der Waals surface area contributed by atoms with E-state index < -0.39 is 11.9 Å². The molecule has 0 bridgehead atoms. The number of aromatic carboxylic acids is 2. The zero-order valence-electron chi connectivity index (χ0n) is 17.8. The Morgan fingerprint density at radius 2 is 0.812 bits per heavy atom. The van der Waals surface area contributed by atoms with Gasteiger partial charge in [-0.2, -0.15) is 0 Å². The maximum Gasteiger partial charge on any atom is 0.335 e. The molecule has 32 heavy (non-hydrogen) atoms. The third-order valence-corrected chi connectivity index (χ3v) is 4.29. The van der Waals surface area contributed by atoms with Gasteiger partial charge in [-0.15, -0.1) is 0 Å². The van der Waals surface area contributed by atoms with E-state index in [0.717, 1.165) is 11.1 Å². The van der Waals surface area contributed by atoms with Crippen LogP contribution < -0.4 is 0 Å².